The largest absolute Gasteiger partial charge is 0.299 e. The molecule has 2 aliphatic rings. The van der Waals surface area contributed by atoms with Gasteiger partial charge in [0.25, 0.3) is 0 Å². The molecule has 0 amide bonds. The van der Waals surface area contributed by atoms with Crippen molar-refractivity contribution in [1.82, 2.24) is 0 Å². The monoisotopic (exact) mass is 184 g/mol. The van der Waals surface area contributed by atoms with E-state index < -0.39 is 0 Å². The van der Waals surface area contributed by atoms with Gasteiger partial charge in [0.2, 0.25) is 0 Å². The van der Waals surface area contributed by atoms with Gasteiger partial charge in [0, 0.05) is 12.8 Å². The van der Waals surface area contributed by atoms with Gasteiger partial charge in [-0.15, -0.1) is 0 Å². The first-order chi connectivity index (χ1) is 6.84. The maximum absolute atomic E-state index is 11.4. The van der Waals surface area contributed by atoms with E-state index in [-0.39, 0.29) is 0 Å². The molecule has 0 spiro atoms. The quantitative estimate of drug-likeness (QED) is 0.606. The summed E-state index contributed by atoms with van der Waals surface area (Å²) < 4.78 is 0. The highest BCUT2D eigenvalue weighted by Gasteiger charge is 2.26. The summed E-state index contributed by atoms with van der Waals surface area (Å²) in [7, 11) is 0. The van der Waals surface area contributed by atoms with Gasteiger partial charge in [-0.1, -0.05) is 29.8 Å². The SMILES string of the molecule is O=C1CC2=C(C1)c1ccccc1CC2. The van der Waals surface area contributed by atoms with Gasteiger partial charge in [0.15, 0.2) is 0 Å². The lowest BCUT2D eigenvalue weighted by atomic mass is 9.87. The number of fused-ring (bicyclic) bond motifs is 2. The molecule has 3 rings (SSSR count). The Balaban J connectivity index is 2.15. The summed E-state index contributed by atoms with van der Waals surface area (Å²) in [5.41, 5.74) is 5.48. The smallest absolute Gasteiger partial charge is 0.141 e. The second kappa shape index (κ2) is 2.81. The average molecular weight is 184 g/mol. The molecular formula is C13H12O. The highest BCUT2D eigenvalue weighted by molar-refractivity contribution is 5.99. The Morgan fingerprint density at radius 1 is 1.00 bits per heavy atom. The van der Waals surface area contributed by atoms with Crippen LogP contribution in [0, 0.1) is 0 Å². The van der Waals surface area contributed by atoms with E-state index in [0.29, 0.717) is 18.6 Å². The minimum absolute atomic E-state index is 0.395. The first kappa shape index (κ1) is 7.98. The van der Waals surface area contributed by atoms with E-state index in [1.807, 2.05) is 0 Å². The predicted octanol–water partition coefficient (Wildman–Crippen LogP) is 2.75. The van der Waals surface area contributed by atoms with Gasteiger partial charge in [-0.25, -0.2) is 0 Å². The molecule has 70 valence electrons. The number of aryl methyl sites for hydroxylation is 1. The summed E-state index contributed by atoms with van der Waals surface area (Å²) in [6.45, 7) is 0. The molecule has 0 saturated heterocycles. The summed E-state index contributed by atoms with van der Waals surface area (Å²) in [6.07, 6.45) is 3.59. The highest BCUT2D eigenvalue weighted by atomic mass is 16.1. The van der Waals surface area contributed by atoms with Gasteiger partial charge in [0.05, 0.1) is 0 Å². The van der Waals surface area contributed by atoms with Gasteiger partial charge in [-0.3, -0.25) is 4.79 Å². The number of Topliss-reactive ketones (excluding diaryl/α,β-unsaturated/α-hetero) is 1. The summed E-state index contributed by atoms with van der Waals surface area (Å²) >= 11 is 0. The topological polar surface area (TPSA) is 17.1 Å². The van der Waals surface area contributed by atoms with Crippen molar-refractivity contribution in [3.8, 4) is 0 Å². The average Bonchev–Trinajstić information content (AvgIpc) is 2.59. The molecule has 1 aromatic rings. The minimum Gasteiger partial charge on any atom is -0.299 e. The molecule has 0 unspecified atom stereocenters. The van der Waals surface area contributed by atoms with Crippen LogP contribution in [0.4, 0.5) is 0 Å². The maximum Gasteiger partial charge on any atom is 0.141 e. The van der Waals surface area contributed by atoms with E-state index in [4.69, 9.17) is 0 Å². The molecular weight excluding hydrogens is 172 g/mol. The number of allylic oxidation sites excluding steroid dienone is 2. The Bertz CT molecular complexity index is 440. The zero-order chi connectivity index (χ0) is 9.54. The van der Waals surface area contributed by atoms with Crippen molar-refractivity contribution in [3.63, 3.8) is 0 Å². The third-order valence-electron chi connectivity index (χ3n) is 3.25. The Hall–Kier alpha value is -1.37. The molecule has 0 aromatic heterocycles. The van der Waals surface area contributed by atoms with Gasteiger partial charge in [-0.05, 0) is 29.5 Å². The van der Waals surface area contributed by atoms with E-state index >= 15 is 0 Å². The van der Waals surface area contributed by atoms with Gasteiger partial charge < -0.3 is 0 Å². The number of carbonyl (C=O) groups is 1. The first-order valence-corrected chi connectivity index (χ1v) is 5.15. The molecule has 0 atom stereocenters. The third kappa shape index (κ3) is 1.05. The van der Waals surface area contributed by atoms with Crippen LogP contribution < -0.4 is 0 Å². The van der Waals surface area contributed by atoms with Crippen molar-refractivity contribution in [3.05, 3.63) is 41.0 Å². The Labute approximate surface area is 83.4 Å². The molecule has 0 fully saturated rings. The second-order valence-corrected chi connectivity index (χ2v) is 4.13. The number of carbonyl (C=O) groups excluding carboxylic acids is 1. The Morgan fingerprint density at radius 2 is 1.86 bits per heavy atom. The van der Waals surface area contributed by atoms with Gasteiger partial charge >= 0.3 is 0 Å². The van der Waals surface area contributed by atoms with Crippen molar-refractivity contribution >= 4 is 11.4 Å². The van der Waals surface area contributed by atoms with Crippen molar-refractivity contribution in [1.29, 1.82) is 0 Å². The van der Waals surface area contributed by atoms with Crippen LogP contribution in [0.25, 0.3) is 5.57 Å². The fraction of sp³-hybridized carbons (Fsp3) is 0.308. The van der Waals surface area contributed by atoms with E-state index in [2.05, 4.69) is 24.3 Å². The lowest BCUT2D eigenvalue weighted by Crippen LogP contribution is -2.00. The number of hydrogen-bond acceptors (Lipinski definition) is 1. The normalized spacial score (nSPS) is 19.6. The maximum atomic E-state index is 11.4. The van der Waals surface area contributed by atoms with Crippen molar-refractivity contribution in [2.75, 3.05) is 0 Å². The molecule has 0 heterocycles. The number of benzene rings is 1. The zero-order valence-electron chi connectivity index (χ0n) is 8.05. The molecule has 1 heteroatoms. The van der Waals surface area contributed by atoms with Crippen LogP contribution in [-0.2, 0) is 11.2 Å². The van der Waals surface area contributed by atoms with Crippen LogP contribution in [0.2, 0.25) is 0 Å². The molecule has 0 radical (unpaired) electrons. The van der Waals surface area contributed by atoms with Crippen LogP contribution in [0.15, 0.2) is 29.8 Å². The summed E-state index contributed by atoms with van der Waals surface area (Å²) in [5, 5.41) is 0. The van der Waals surface area contributed by atoms with Crippen LogP contribution in [-0.4, -0.2) is 5.78 Å². The van der Waals surface area contributed by atoms with Crippen LogP contribution in [0.5, 0.6) is 0 Å². The zero-order valence-corrected chi connectivity index (χ0v) is 8.05. The predicted molar refractivity (Wildman–Crippen MR) is 55.9 cm³/mol. The lowest BCUT2D eigenvalue weighted by molar-refractivity contribution is -0.116. The Morgan fingerprint density at radius 3 is 2.79 bits per heavy atom. The molecule has 0 saturated carbocycles. The molecule has 2 aliphatic carbocycles. The van der Waals surface area contributed by atoms with E-state index in [9.17, 15) is 4.79 Å². The number of ketones is 1. The van der Waals surface area contributed by atoms with Gasteiger partial charge in [0.1, 0.15) is 5.78 Å². The van der Waals surface area contributed by atoms with Crippen LogP contribution >= 0.6 is 0 Å². The van der Waals surface area contributed by atoms with Crippen LogP contribution in [0.3, 0.4) is 0 Å². The molecule has 1 nitrogen and oxygen atoms in total. The standard InChI is InChI=1S/C13H12O/c14-11-7-10-6-5-9-3-1-2-4-12(9)13(10)8-11/h1-4H,5-8H2. The van der Waals surface area contributed by atoms with Crippen molar-refractivity contribution in [2.45, 2.75) is 25.7 Å². The van der Waals surface area contributed by atoms with E-state index in [1.54, 1.807) is 0 Å². The molecule has 1 aromatic carbocycles. The van der Waals surface area contributed by atoms with Crippen molar-refractivity contribution in [2.24, 2.45) is 0 Å². The summed E-state index contributed by atoms with van der Waals surface area (Å²) in [4.78, 5) is 11.4. The molecule has 14 heavy (non-hydrogen) atoms. The van der Waals surface area contributed by atoms with Crippen LogP contribution in [0.1, 0.15) is 30.4 Å². The minimum atomic E-state index is 0.395. The number of hydrogen-bond donors (Lipinski definition) is 0. The lowest BCUT2D eigenvalue weighted by Gasteiger charge is -2.17. The fourth-order valence-electron chi connectivity index (χ4n) is 2.57. The first-order valence-electron chi connectivity index (χ1n) is 5.15. The summed E-state index contributed by atoms with van der Waals surface area (Å²) in [6, 6.07) is 8.49. The number of rotatable bonds is 0. The molecule has 0 aliphatic heterocycles. The van der Waals surface area contributed by atoms with Gasteiger partial charge in [-0.2, -0.15) is 0 Å². The van der Waals surface area contributed by atoms with E-state index in [1.165, 1.54) is 22.3 Å². The van der Waals surface area contributed by atoms with E-state index in [0.717, 1.165) is 12.8 Å². The summed E-state index contributed by atoms with van der Waals surface area (Å²) in [5.74, 6) is 0.395. The second-order valence-electron chi connectivity index (χ2n) is 4.13. The molecule has 0 N–H and O–H groups in total. The highest BCUT2D eigenvalue weighted by Crippen LogP contribution is 2.39. The molecule has 0 bridgehead atoms. The third-order valence-corrected chi connectivity index (χ3v) is 3.25. The fourth-order valence-corrected chi connectivity index (χ4v) is 2.57. The Kier molecular flexibility index (Phi) is 1.60. The van der Waals surface area contributed by atoms with Crippen molar-refractivity contribution < 1.29 is 4.79 Å².